The Kier molecular flexibility index (Phi) is 4.97. The van der Waals surface area contributed by atoms with E-state index in [0.29, 0.717) is 5.78 Å². The van der Waals surface area contributed by atoms with Gasteiger partial charge in [-0.25, -0.2) is 0 Å². The van der Waals surface area contributed by atoms with Crippen LogP contribution in [-0.2, 0) is 9.53 Å². The van der Waals surface area contributed by atoms with Crippen LogP contribution in [0.15, 0.2) is 0 Å². The lowest BCUT2D eigenvalue weighted by Gasteiger charge is -2.33. The first-order valence-corrected chi connectivity index (χ1v) is 6.66. The zero-order valence-corrected chi connectivity index (χ0v) is 11.2. The summed E-state index contributed by atoms with van der Waals surface area (Å²) in [6.45, 7) is 6.21. The zero-order chi connectivity index (χ0) is 12.2. The summed E-state index contributed by atoms with van der Waals surface area (Å²) >= 11 is 0. The van der Waals surface area contributed by atoms with E-state index in [1.54, 1.807) is 7.11 Å². The molecule has 94 valence electrons. The van der Waals surface area contributed by atoms with Crippen molar-refractivity contribution in [1.82, 2.24) is 0 Å². The molecular formula is C14H26O2. The van der Waals surface area contributed by atoms with Gasteiger partial charge in [-0.3, -0.25) is 4.79 Å². The Balaban J connectivity index is 2.56. The number of hydrogen-bond acceptors (Lipinski definition) is 2. The zero-order valence-electron chi connectivity index (χ0n) is 11.2. The Morgan fingerprint density at radius 3 is 2.19 bits per heavy atom. The molecule has 1 fully saturated rings. The van der Waals surface area contributed by atoms with Gasteiger partial charge >= 0.3 is 0 Å². The topological polar surface area (TPSA) is 26.3 Å². The second kappa shape index (κ2) is 5.81. The second-order valence-corrected chi connectivity index (χ2v) is 5.28. The van der Waals surface area contributed by atoms with E-state index in [1.807, 2.05) is 13.8 Å². The third-order valence-corrected chi connectivity index (χ3v) is 4.44. The highest BCUT2D eigenvalue weighted by Crippen LogP contribution is 2.34. The minimum absolute atomic E-state index is 0.243. The molecule has 0 radical (unpaired) electrons. The second-order valence-electron chi connectivity index (χ2n) is 5.28. The van der Waals surface area contributed by atoms with Crippen LogP contribution in [0, 0.1) is 11.8 Å². The molecule has 1 aliphatic carbocycles. The number of rotatable bonds is 5. The average Bonchev–Trinajstić information content (AvgIpc) is 2.37. The van der Waals surface area contributed by atoms with Crippen LogP contribution in [0.1, 0.15) is 59.3 Å². The van der Waals surface area contributed by atoms with Crippen molar-refractivity contribution < 1.29 is 9.53 Å². The monoisotopic (exact) mass is 226 g/mol. The molecule has 1 aliphatic rings. The smallest absolute Gasteiger partial charge is 0.167 e. The summed E-state index contributed by atoms with van der Waals surface area (Å²) in [6, 6.07) is 0. The van der Waals surface area contributed by atoms with Crippen LogP contribution in [0.25, 0.3) is 0 Å². The predicted octanol–water partition coefficient (Wildman–Crippen LogP) is 3.59. The van der Waals surface area contributed by atoms with Gasteiger partial charge in [0.2, 0.25) is 0 Å². The standard InChI is InChI=1S/C14H26O2/c1-5-11-7-9-12(10-8-11)13(15)14(3,6-2)16-4/h11-12H,5-10H2,1-4H3. The fraction of sp³-hybridized carbons (Fsp3) is 0.929. The van der Waals surface area contributed by atoms with Gasteiger partial charge in [-0.05, 0) is 44.9 Å². The van der Waals surface area contributed by atoms with Gasteiger partial charge in [-0.1, -0.05) is 20.3 Å². The highest BCUT2D eigenvalue weighted by molar-refractivity contribution is 5.89. The van der Waals surface area contributed by atoms with Crippen molar-refractivity contribution in [2.75, 3.05) is 7.11 Å². The highest BCUT2D eigenvalue weighted by atomic mass is 16.5. The van der Waals surface area contributed by atoms with Crippen molar-refractivity contribution in [2.45, 2.75) is 64.9 Å². The van der Waals surface area contributed by atoms with E-state index >= 15 is 0 Å². The van der Waals surface area contributed by atoms with Crippen molar-refractivity contribution in [3.63, 3.8) is 0 Å². The van der Waals surface area contributed by atoms with Gasteiger partial charge in [0.25, 0.3) is 0 Å². The molecule has 0 spiro atoms. The molecule has 2 nitrogen and oxygen atoms in total. The third-order valence-electron chi connectivity index (χ3n) is 4.44. The number of methoxy groups -OCH3 is 1. The molecule has 0 amide bonds. The maximum atomic E-state index is 12.4. The van der Waals surface area contributed by atoms with E-state index in [0.717, 1.165) is 25.2 Å². The molecule has 1 rings (SSSR count). The lowest BCUT2D eigenvalue weighted by atomic mass is 9.75. The molecule has 0 heterocycles. The Morgan fingerprint density at radius 2 is 1.81 bits per heavy atom. The fourth-order valence-corrected chi connectivity index (χ4v) is 2.68. The molecule has 0 aromatic carbocycles. The Labute approximate surface area is 99.8 Å². The molecular weight excluding hydrogens is 200 g/mol. The normalized spacial score (nSPS) is 29.8. The Morgan fingerprint density at radius 1 is 1.25 bits per heavy atom. The summed E-state index contributed by atoms with van der Waals surface area (Å²) in [5, 5.41) is 0. The molecule has 1 unspecified atom stereocenters. The fourth-order valence-electron chi connectivity index (χ4n) is 2.68. The van der Waals surface area contributed by atoms with E-state index in [-0.39, 0.29) is 5.92 Å². The maximum absolute atomic E-state index is 12.4. The van der Waals surface area contributed by atoms with Gasteiger partial charge in [0.15, 0.2) is 5.78 Å². The van der Waals surface area contributed by atoms with E-state index < -0.39 is 5.60 Å². The molecule has 1 saturated carbocycles. The molecule has 16 heavy (non-hydrogen) atoms. The number of Topliss-reactive ketones (excluding diaryl/α,β-unsaturated/α-hetero) is 1. The first kappa shape index (κ1) is 13.7. The highest BCUT2D eigenvalue weighted by Gasteiger charge is 2.37. The van der Waals surface area contributed by atoms with E-state index in [9.17, 15) is 4.79 Å². The van der Waals surface area contributed by atoms with Crippen LogP contribution in [-0.4, -0.2) is 18.5 Å². The van der Waals surface area contributed by atoms with Gasteiger partial charge in [-0.15, -0.1) is 0 Å². The van der Waals surface area contributed by atoms with E-state index in [1.165, 1.54) is 19.3 Å². The van der Waals surface area contributed by atoms with Gasteiger partial charge in [0.1, 0.15) is 5.60 Å². The number of ketones is 1. The minimum atomic E-state index is -0.552. The Bertz CT molecular complexity index is 223. The first-order valence-electron chi connectivity index (χ1n) is 6.66. The lowest BCUT2D eigenvalue weighted by molar-refractivity contribution is -0.145. The van der Waals surface area contributed by atoms with Crippen molar-refractivity contribution in [2.24, 2.45) is 11.8 Å². The third kappa shape index (κ3) is 2.85. The summed E-state index contributed by atoms with van der Waals surface area (Å²) in [5.41, 5.74) is -0.552. The van der Waals surface area contributed by atoms with E-state index in [4.69, 9.17) is 4.74 Å². The van der Waals surface area contributed by atoms with Crippen molar-refractivity contribution >= 4 is 5.78 Å². The van der Waals surface area contributed by atoms with Gasteiger partial charge < -0.3 is 4.74 Å². The Hall–Kier alpha value is -0.370. The van der Waals surface area contributed by atoms with Crippen molar-refractivity contribution in [3.8, 4) is 0 Å². The first-order chi connectivity index (χ1) is 7.57. The summed E-state index contributed by atoms with van der Waals surface area (Å²) in [4.78, 5) is 12.4. The molecule has 0 aliphatic heterocycles. The number of hydrogen-bond donors (Lipinski definition) is 0. The van der Waals surface area contributed by atoms with Crippen LogP contribution >= 0.6 is 0 Å². The van der Waals surface area contributed by atoms with Gasteiger partial charge in [0.05, 0.1) is 0 Å². The van der Waals surface area contributed by atoms with Crippen LogP contribution in [0.5, 0.6) is 0 Å². The number of ether oxygens (including phenoxy) is 1. The number of carbonyl (C=O) groups excluding carboxylic acids is 1. The summed E-state index contributed by atoms with van der Waals surface area (Å²) in [7, 11) is 1.65. The van der Waals surface area contributed by atoms with Crippen LogP contribution < -0.4 is 0 Å². The molecule has 0 bridgehead atoms. The van der Waals surface area contributed by atoms with Gasteiger partial charge in [-0.2, -0.15) is 0 Å². The van der Waals surface area contributed by atoms with Crippen LogP contribution in [0.3, 0.4) is 0 Å². The quantitative estimate of drug-likeness (QED) is 0.716. The average molecular weight is 226 g/mol. The SMILES string of the molecule is CCC1CCC(C(=O)C(C)(CC)OC)CC1. The number of carbonyl (C=O) groups is 1. The lowest BCUT2D eigenvalue weighted by Crippen LogP contribution is -2.42. The van der Waals surface area contributed by atoms with Crippen LogP contribution in [0.4, 0.5) is 0 Å². The minimum Gasteiger partial charge on any atom is -0.371 e. The van der Waals surface area contributed by atoms with Crippen molar-refractivity contribution in [3.05, 3.63) is 0 Å². The molecule has 0 saturated heterocycles. The summed E-state index contributed by atoms with van der Waals surface area (Å²) in [6.07, 6.45) is 6.60. The molecule has 0 aromatic heterocycles. The maximum Gasteiger partial charge on any atom is 0.167 e. The predicted molar refractivity (Wildman–Crippen MR) is 66.5 cm³/mol. The molecule has 2 heteroatoms. The largest absolute Gasteiger partial charge is 0.371 e. The molecule has 1 atom stereocenters. The van der Waals surface area contributed by atoms with Gasteiger partial charge in [0, 0.05) is 13.0 Å². The molecule has 0 aromatic rings. The van der Waals surface area contributed by atoms with E-state index in [2.05, 4.69) is 6.92 Å². The summed E-state index contributed by atoms with van der Waals surface area (Å²) < 4.78 is 5.41. The molecule has 0 N–H and O–H groups in total. The summed E-state index contributed by atoms with van der Waals surface area (Å²) in [5.74, 6) is 1.42. The van der Waals surface area contributed by atoms with Crippen LogP contribution in [0.2, 0.25) is 0 Å². The van der Waals surface area contributed by atoms with Crippen molar-refractivity contribution in [1.29, 1.82) is 0 Å².